The molecule has 0 saturated heterocycles. The van der Waals surface area contributed by atoms with E-state index in [0.29, 0.717) is 19.0 Å². The van der Waals surface area contributed by atoms with Gasteiger partial charge in [-0.05, 0) is 54.5 Å². The van der Waals surface area contributed by atoms with Gasteiger partial charge in [-0.25, -0.2) is 0 Å². The van der Waals surface area contributed by atoms with E-state index in [9.17, 15) is 5.11 Å². The molecule has 1 aromatic heterocycles. The maximum Gasteiger partial charge on any atom is 0.116 e. The molecule has 3 atom stereocenters. The molecule has 4 rings (SSSR count). The van der Waals surface area contributed by atoms with E-state index in [4.69, 9.17) is 4.74 Å². The van der Waals surface area contributed by atoms with Crippen LogP contribution in [0.15, 0.2) is 69.3 Å². The first-order valence-corrected chi connectivity index (χ1v) is 11.3. The Morgan fingerprint density at radius 2 is 1.72 bits per heavy atom. The summed E-state index contributed by atoms with van der Waals surface area (Å²) >= 11 is 7.16. The summed E-state index contributed by atoms with van der Waals surface area (Å²) in [6.45, 7) is 3.19. The van der Waals surface area contributed by atoms with Gasteiger partial charge in [-0.2, -0.15) is 0 Å². The molecule has 4 nitrogen and oxygen atoms in total. The van der Waals surface area contributed by atoms with Crippen LogP contribution >= 0.6 is 31.9 Å². The molecule has 0 aliphatic heterocycles. The quantitative estimate of drug-likeness (QED) is 0.460. The number of nitrogens with one attached hydrogen (secondary N) is 1. The fraction of sp³-hybridized carbons (Fsp3) is 0.304. The predicted octanol–water partition coefficient (Wildman–Crippen LogP) is 5.37. The van der Waals surface area contributed by atoms with Gasteiger partial charge >= 0.3 is 0 Å². The smallest absolute Gasteiger partial charge is 0.116 e. The van der Waals surface area contributed by atoms with Crippen LogP contribution in [0.2, 0.25) is 0 Å². The lowest BCUT2D eigenvalue weighted by molar-refractivity contribution is 0.150. The van der Waals surface area contributed by atoms with Gasteiger partial charge in [0.2, 0.25) is 0 Å². The zero-order chi connectivity index (χ0) is 20.5. The molecule has 0 bridgehead atoms. The summed E-state index contributed by atoms with van der Waals surface area (Å²) in [4.78, 5) is 0. The van der Waals surface area contributed by atoms with Crippen LogP contribution in [0.5, 0.6) is 0 Å². The number of aliphatic hydroxyl groups excluding tert-OH is 1. The maximum atomic E-state index is 10.8. The van der Waals surface area contributed by atoms with Crippen molar-refractivity contribution < 1.29 is 9.84 Å². The molecule has 3 aromatic rings. The van der Waals surface area contributed by atoms with Crippen molar-refractivity contribution in [3.63, 3.8) is 0 Å². The number of halogens is 2. The summed E-state index contributed by atoms with van der Waals surface area (Å²) in [5.74, 6) is 1.21. The number of rotatable bonds is 6. The minimum atomic E-state index is -0.515. The van der Waals surface area contributed by atoms with E-state index in [0.717, 1.165) is 25.7 Å². The molecule has 2 N–H and O–H groups in total. The van der Waals surface area contributed by atoms with E-state index in [1.807, 2.05) is 18.2 Å². The molecule has 1 aliphatic rings. The molecule has 6 heteroatoms. The molecular weight excluding hydrogens is 496 g/mol. The SMILES string of the molecule is COC1=CC(NC[C@H](O)Cn2c3ccc(Br)cc3c3cc(Br)ccc32)C(C)C=C1. The molecule has 1 heterocycles. The summed E-state index contributed by atoms with van der Waals surface area (Å²) in [5, 5.41) is 16.6. The number of methoxy groups -OCH3 is 1. The summed E-state index contributed by atoms with van der Waals surface area (Å²) in [5.41, 5.74) is 2.24. The number of nitrogens with zero attached hydrogens (tertiary/aromatic N) is 1. The van der Waals surface area contributed by atoms with Crippen LogP contribution in [-0.4, -0.2) is 35.5 Å². The van der Waals surface area contributed by atoms with Crippen LogP contribution in [-0.2, 0) is 11.3 Å². The van der Waals surface area contributed by atoms with Crippen LogP contribution in [0, 0.1) is 5.92 Å². The average Bonchev–Trinajstić information content (AvgIpc) is 2.99. The molecule has 2 unspecified atom stereocenters. The minimum absolute atomic E-state index is 0.148. The average molecular weight is 520 g/mol. The molecule has 152 valence electrons. The molecule has 0 radical (unpaired) electrons. The van der Waals surface area contributed by atoms with Crippen LogP contribution in [0.3, 0.4) is 0 Å². The van der Waals surface area contributed by atoms with Gasteiger partial charge in [0, 0.05) is 43.3 Å². The Kier molecular flexibility index (Phi) is 6.16. The monoisotopic (exact) mass is 518 g/mol. The standard InChI is InChI=1S/C23H24Br2N2O2/c1-14-3-6-18(29-2)11-21(14)26-12-17(28)13-27-22-7-4-15(24)9-19(22)20-10-16(25)5-8-23(20)27/h3-11,14,17,21,26,28H,12-13H2,1-2H3/t14?,17-,21?/m0/s1. The Hall–Kier alpha value is -1.60. The van der Waals surface area contributed by atoms with Crippen molar-refractivity contribution in [1.29, 1.82) is 0 Å². The summed E-state index contributed by atoms with van der Waals surface area (Å²) in [6, 6.07) is 12.7. The second-order valence-electron chi connectivity index (χ2n) is 7.51. The first-order valence-electron chi connectivity index (χ1n) is 9.68. The van der Waals surface area contributed by atoms with Gasteiger partial charge in [0.05, 0.1) is 19.8 Å². The van der Waals surface area contributed by atoms with Crippen molar-refractivity contribution >= 4 is 53.7 Å². The van der Waals surface area contributed by atoms with Gasteiger partial charge in [-0.1, -0.05) is 44.9 Å². The third-order valence-corrected chi connectivity index (χ3v) is 6.47. The van der Waals surface area contributed by atoms with Gasteiger partial charge in [0.15, 0.2) is 0 Å². The van der Waals surface area contributed by atoms with E-state index in [-0.39, 0.29) is 6.04 Å². The highest BCUT2D eigenvalue weighted by molar-refractivity contribution is 9.10. The predicted molar refractivity (Wildman–Crippen MR) is 126 cm³/mol. The van der Waals surface area contributed by atoms with Crippen LogP contribution in [0.25, 0.3) is 21.8 Å². The van der Waals surface area contributed by atoms with Crippen molar-refractivity contribution in [2.24, 2.45) is 5.92 Å². The summed E-state index contributed by atoms with van der Waals surface area (Å²) in [7, 11) is 1.68. The van der Waals surface area contributed by atoms with Gasteiger partial charge in [-0.3, -0.25) is 0 Å². The lowest BCUT2D eigenvalue weighted by Gasteiger charge is -2.25. The van der Waals surface area contributed by atoms with E-state index >= 15 is 0 Å². The molecule has 0 amide bonds. The van der Waals surface area contributed by atoms with Crippen molar-refractivity contribution in [3.05, 3.63) is 69.3 Å². The van der Waals surface area contributed by atoms with Gasteiger partial charge in [0.25, 0.3) is 0 Å². The fourth-order valence-electron chi connectivity index (χ4n) is 3.92. The number of hydrogen-bond acceptors (Lipinski definition) is 3. The molecule has 2 aromatic carbocycles. The molecule has 0 fully saturated rings. The van der Waals surface area contributed by atoms with Gasteiger partial charge in [-0.15, -0.1) is 0 Å². The number of ether oxygens (including phenoxy) is 1. The van der Waals surface area contributed by atoms with Gasteiger partial charge < -0.3 is 19.7 Å². The van der Waals surface area contributed by atoms with E-state index < -0.39 is 6.10 Å². The molecule has 0 spiro atoms. The highest BCUT2D eigenvalue weighted by Gasteiger charge is 2.19. The molecule has 29 heavy (non-hydrogen) atoms. The molecule has 1 aliphatic carbocycles. The Morgan fingerprint density at radius 1 is 1.10 bits per heavy atom. The van der Waals surface area contributed by atoms with Crippen LogP contribution < -0.4 is 5.32 Å². The fourth-order valence-corrected chi connectivity index (χ4v) is 4.65. The van der Waals surface area contributed by atoms with E-state index in [1.54, 1.807) is 7.11 Å². The van der Waals surface area contributed by atoms with Crippen molar-refractivity contribution in [2.45, 2.75) is 25.6 Å². The third kappa shape index (κ3) is 4.31. The lowest BCUT2D eigenvalue weighted by Crippen LogP contribution is -2.40. The number of fused-ring (bicyclic) bond motifs is 3. The first-order chi connectivity index (χ1) is 14.0. The number of aromatic nitrogens is 1. The summed E-state index contributed by atoms with van der Waals surface area (Å²) in [6.07, 6.45) is 5.69. The Morgan fingerprint density at radius 3 is 2.31 bits per heavy atom. The number of benzene rings is 2. The summed E-state index contributed by atoms with van der Waals surface area (Å²) < 4.78 is 9.64. The van der Waals surface area contributed by atoms with Gasteiger partial charge in [0.1, 0.15) is 5.76 Å². The van der Waals surface area contributed by atoms with Crippen molar-refractivity contribution in [3.8, 4) is 0 Å². The normalized spacial score (nSPS) is 20.2. The van der Waals surface area contributed by atoms with E-state index in [2.05, 4.69) is 85.1 Å². The highest BCUT2D eigenvalue weighted by atomic mass is 79.9. The highest BCUT2D eigenvalue weighted by Crippen LogP contribution is 2.33. The van der Waals surface area contributed by atoms with Crippen molar-refractivity contribution in [1.82, 2.24) is 9.88 Å². The zero-order valence-electron chi connectivity index (χ0n) is 16.4. The Bertz CT molecular complexity index is 1040. The number of allylic oxidation sites excluding steroid dienone is 1. The largest absolute Gasteiger partial charge is 0.497 e. The third-order valence-electron chi connectivity index (χ3n) is 5.48. The number of aliphatic hydroxyl groups is 1. The molecular formula is C23H24Br2N2O2. The Balaban J connectivity index is 1.57. The van der Waals surface area contributed by atoms with E-state index in [1.165, 1.54) is 10.8 Å². The zero-order valence-corrected chi connectivity index (χ0v) is 19.6. The van der Waals surface area contributed by atoms with Crippen LogP contribution in [0.1, 0.15) is 6.92 Å². The van der Waals surface area contributed by atoms with Crippen molar-refractivity contribution in [2.75, 3.05) is 13.7 Å². The second kappa shape index (κ2) is 8.64. The minimum Gasteiger partial charge on any atom is -0.497 e. The topological polar surface area (TPSA) is 46.4 Å². The molecule has 0 saturated carbocycles. The lowest BCUT2D eigenvalue weighted by atomic mass is 9.96. The second-order valence-corrected chi connectivity index (χ2v) is 9.34. The number of hydrogen-bond donors (Lipinski definition) is 2. The van der Waals surface area contributed by atoms with Crippen LogP contribution in [0.4, 0.5) is 0 Å². The first kappa shape index (κ1) is 20.7. The maximum absolute atomic E-state index is 10.8. The Labute approximate surface area is 187 Å².